The van der Waals surface area contributed by atoms with Gasteiger partial charge in [-0.3, -0.25) is 4.79 Å². The van der Waals surface area contributed by atoms with Crippen molar-refractivity contribution in [1.82, 2.24) is 5.32 Å². The molecule has 0 heterocycles. The van der Waals surface area contributed by atoms with E-state index in [0.717, 1.165) is 38.5 Å². The van der Waals surface area contributed by atoms with E-state index in [2.05, 4.69) is 26.1 Å². The lowest BCUT2D eigenvalue weighted by Crippen LogP contribution is -2.58. The summed E-state index contributed by atoms with van der Waals surface area (Å²) in [5, 5.41) is 3.22. The van der Waals surface area contributed by atoms with E-state index in [-0.39, 0.29) is 5.91 Å². The second kappa shape index (κ2) is 7.88. The minimum absolute atomic E-state index is 0.0913. The number of hydrogen-bond donors (Lipinski definition) is 2. The van der Waals surface area contributed by atoms with Crippen LogP contribution in [-0.2, 0) is 4.79 Å². The van der Waals surface area contributed by atoms with Gasteiger partial charge in [-0.1, -0.05) is 52.9 Å². The summed E-state index contributed by atoms with van der Waals surface area (Å²) in [6.07, 6.45) is 9.60. The van der Waals surface area contributed by atoms with Crippen LogP contribution < -0.4 is 11.1 Å². The third-order valence-corrected chi connectivity index (χ3v) is 4.36. The van der Waals surface area contributed by atoms with Gasteiger partial charge >= 0.3 is 0 Å². The van der Waals surface area contributed by atoms with E-state index >= 15 is 0 Å². The fraction of sp³-hybridized carbons (Fsp3) is 0.938. The molecule has 3 nitrogen and oxygen atoms in total. The maximum absolute atomic E-state index is 12.5. The Labute approximate surface area is 118 Å². The smallest absolute Gasteiger partial charge is 0.240 e. The highest BCUT2D eigenvalue weighted by molar-refractivity contribution is 5.86. The molecular formula is C16H32N2O. The van der Waals surface area contributed by atoms with Gasteiger partial charge in [0, 0.05) is 6.04 Å². The standard InChI is InChI=1S/C16H32N2O/c1-4-6-10-14(8-5-2)18-15(19)16(17)11-7-9-13(3)12-16/h13-14H,4-12,17H2,1-3H3,(H,18,19). The summed E-state index contributed by atoms with van der Waals surface area (Å²) >= 11 is 0. The Morgan fingerprint density at radius 3 is 2.68 bits per heavy atom. The predicted molar refractivity (Wildman–Crippen MR) is 80.9 cm³/mol. The molecule has 0 aliphatic heterocycles. The summed E-state index contributed by atoms with van der Waals surface area (Å²) in [6.45, 7) is 6.57. The van der Waals surface area contributed by atoms with Gasteiger partial charge < -0.3 is 11.1 Å². The van der Waals surface area contributed by atoms with Gasteiger partial charge in [-0.2, -0.15) is 0 Å². The zero-order valence-electron chi connectivity index (χ0n) is 13.0. The number of nitrogens with one attached hydrogen (secondary N) is 1. The fourth-order valence-electron chi connectivity index (χ4n) is 3.21. The molecule has 0 radical (unpaired) electrons. The number of carbonyl (C=O) groups excluding carboxylic acids is 1. The van der Waals surface area contributed by atoms with Crippen molar-refractivity contribution in [2.45, 2.75) is 90.1 Å². The Hall–Kier alpha value is -0.570. The van der Waals surface area contributed by atoms with Crippen LogP contribution in [0.15, 0.2) is 0 Å². The van der Waals surface area contributed by atoms with E-state index in [1.807, 2.05) is 0 Å². The lowest BCUT2D eigenvalue weighted by molar-refractivity contribution is -0.128. The number of amides is 1. The van der Waals surface area contributed by atoms with Crippen LogP contribution in [0.25, 0.3) is 0 Å². The van der Waals surface area contributed by atoms with Crippen LogP contribution in [0.4, 0.5) is 0 Å². The Balaban J connectivity index is 2.54. The number of nitrogens with two attached hydrogens (primary N) is 1. The quantitative estimate of drug-likeness (QED) is 0.744. The molecule has 112 valence electrons. The zero-order chi connectivity index (χ0) is 14.3. The van der Waals surface area contributed by atoms with Gasteiger partial charge in [-0.05, 0) is 31.6 Å². The largest absolute Gasteiger partial charge is 0.352 e. The van der Waals surface area contributed by atoms with Crippen LogP contribution in [-0.4, -0.2) is 17.5 Å². The first-order valence-corrected chi connectivity index (χ1v) is 8.11. The van der Waals surface area contributed by atoms with E-state index in [1.54, 1.807) is 0 Å². The molecule has 0 aromatic heterocycles. The molecule has 3 N–H and O–H groups in total. The fourth-order valence-corrected chi connectivity index (χ4v) is 3.21. The lowest BCUT2D eigenvalue weighted by Gasteiger charge is -2.36. The van der Waals surface area contributed by atoms with Crippen LogP contribution in [0.3, 0.4) is 0 Å². The number of hydrogen-bond acceptors (Lipinski definition) is 2. The van der Waals surface area contributed by atoms with E-state index in [1.165, 1.54) is 19.3 Å². The number of carbonyl (C=O) groups is 1. The third-order valence-electron chi connectivity index (χ3n) is 4.36. The molecular weight excluding hydrogens is 236 g/mol. The van der Waals surface area contributed by atoms with Crippen LogP contribution >= 0.6 is 0 Å². The molecule has 3 heteroatoms. The van der Waals surface area contributed by atoms with Crippen molar-refractivity contribution in [1.29, 1.82) is 0 Å². The zero-order valence-corrected chi connectivity index (χ0v) is 13.0. The normalized spacial score (nSPS) is 28.9. The van der Waals surface area contributed by atoms with E-state index in [9.17, 15) is 4.79 Å². The van der Waals surface area contributed by atoms with Gasteiger partial charge in [0.1, 0.15) is 0 Å². The van der Waals surface area contributed by atoms with Crippen LogP contribution in [0.2, 0.25) is 0 Å². The summed E-state index contributed by atoms with van der Waals surface area (Å²) in [5.41, 5.74) is 5.74. The molecule has 1 rings (SSSR count). The van der Waals surface area contributed by atoms with Gasteiger partial charge in [0.15, 0.2) is 0 Å². The summed E-state index contributed by atoms with van der Waals surface area (Å²) in [4.78, 5) is 12.5. The highest BCUT2D eigenvalue weighted by atomic mass is 16.2. The average molecular weight is 268 g/mol. The Kier molecular flexibility index (Phi) is 6.84. The van der Waals surface area contributed by atoms with Gasteiger partial charge in [-0.15, -0.1) is 0 Å². The van der Waals surface area contributed by atoms with Crippen molar-refractivity contribution >= 4 is 5.91 Å². The van der Waals surface area contributed by atoms with E-state index in [4.69, 9.17) is 5.73 Å². The minimum atomic E-state index is -0.615. The summed E-state index contributed by atoms with van der Waals surface area (Å²) in [7, 11) is 0. The second-order valence-electron chi connectivity index (χ2n) is 6.46. The molecule has 1 saturated carbocycles. The van der Waals surface area contributed by atoms with Crippen LogP contribution in [0.1, 0.15) is 78.6 Å². The Morgan fingerprint density at radius 2 is 2.11 bits per heavy atom. The molecule has 0 aromatic carbocycles. The molecule has 1 aliphatic rings. The molecule has 19 heavy (non-hydrogen) atoms. The minimum Gasteiger partial charge on any atom is -0.352 e. The monoisotopic (exact) mass is 268 g/mol. The van der Waals surface area contributed by atoms with Gasteiger partial charge in [0.05, 0.1) is 5.54 Å². The molecule has 0 aromatic rings. The SMILES string of the molecule is CCCCC(CCC)NC(=O)C1(N)CCCC(C)C1. The molecule has 3 atom stereocenters. The lowest BCUT2D eigenvalue weighted by atomic mass is 9.76. The van der Waals surface area contributed by atoms with Crippen molar-refractivity contribution < 1.29 is 4.79 Å². The summed E-state index contributed by atoms with van der Waals surface area (Å²) in [5.74, 6) is 0.665. The van der Waals surface area contributed by atoms with E-state index < -0.39 is 5.54 Å². The van der Waals surface area contributed by atoms with Gasteiger partial charge in [-0.25, -0.2) is 0 Å². The Morgan fingerprint density at radius 1 is 1.37 bits per heavy atom. The van der Waals surface area contributed by atoms with Crippen LogP contribution in [0, 0.1) is 5.92 Å². The van der Waals surface area contributed by atoms with Gasteiger partial charge in [0.25, 0.3) is 0 Å². The van der Waals surface area contributed by atoms with Crippen molar-refractivity contribution in [2.24, 2.45) is 11.7 Å². The van der Waals surface area contributed by atoms with Crippen molar-refractivity contribution in [3.8, 4) is 0 Å². The molecule has 0 spiro atoms. The molecule has 1 amide bonds. The molecule has 1 fully saturated rings. The van der Waals surface area contributed by atoms with Crippen molar-refractivity contribution in [3.63, 3.8) is 0 Å². The Bertz CT molecular complexity index is 280. The third kappa shape index (κ3) is 5.13. The van der Waals surface area contributed by atoms with E-state index in [0.29, 0.717) is 12.0 Å². The highest BCUT2D eigenvalue weighted by Crippen LogP contribution is 2.30. The first-order valence-electron chi connectivity index (χ1n) is 8.11. The maximum atomic E-state index is 12.5. The van der Waals surface area contributed by atoms with Crippen LogP contribution in [0.5, 0.6) is 0 Å². The summed E-state index contributed by atoms with van der Waals surface area (Å²) in [6, 6.07) is 0.315. The maximum Gasteiger partial charge on any atom is 0.240 e. The molecule has 3 unspecified atom stereocenters. The summed E-state index contributed by atoms with van der Waals surface area (Å²) < 4.78 is 0. The molecule has 1 aliphatic carbocycles. The topological polar surface area (TPSA) is 55.1 Å². The number of unbranched alkanes of at least 4 members (excludes halogenated alkanes) is 1. The van der Waals surface area contributed by atoms with Crippen molar-refractivity contribution in [2.75, 3.05) is 0 Å². The first kappa shape index (κ1) is 16.5. The van der Waals surface area contributed by atoms with Crippen molar-refractivity contribution in [3.05, 3.63) is 0 Å². The molecule has 0 saturated heterocycles. The highest BCUT2D eigenvalue weighted by Gasteiger charge is 2.38. The first-order chi connectivity index (χ1) is 9.01. The average Bonchev–Trinajstić information content (AvgIpc) is 2.35. The predicted octanol–water partition coefficient (Wildman–Crippen LogP) is 3.37. The second-order valence-corrected chi connectivity index (χ2v) is 6.46. The van der Waals surface area contributed by atoms with Gasteiger partial charge in [0.2, 0.25) is 5.91 Å². The number of rotatable bonds is 7. The molecule has 0 bridgehead atoms.